The first-order valence-corrected chi connectivity index (χ1v) is 6.34. The van der Waals surface area contributed by atoms with Crippen LogP contribution in [0.15, 0.2) is 23.3 Å². The molecule has 0 aromatic carbocycles. The summed E-state index contributed by atoms with van der Waals surface area (Å²) >= 11 is 0. The van der Waals surface area contributed by atoms with E-state index in [-0.39, 0.29) is 22.7 Å². The Labute approximate surface area is 119 Å². The standard InChI is InChI=1S/C14H14F3N3O/c1-7(2)12-19-11(8(3)13(21)20-12)9-6-18-5-4-10(9)14(15,16)17/h4-7H,1-3H3,(H,19,20,21). The van der Waals surface area contributed by atoms with Gasteiger partial charge in [0, 0.05) is 29.4 Å². The van der Waals surface area contributed by atoms with Crippen LogP contribution >= 0.6 is 0 Å². The number of hydrogen-bond donors (Lipinski definition) is 1. The molecule has 0 spiro atoms. The Balaban J connectivity index is 2.76. The van der Waals surface area contributed by atoms with Crippen LogP contribution in [0.3, 0.4) is 0 Å². The van der Waals surface area contributed by atoms with Gasteiger partial charge in [-0.3, -0.25) is 9.78 Å². The van der Waals surface area contributed by atoms with Gasteiger partial charge in [-0.15, -0.1) is 0 Å². The Morgan fingerprint density at radius 1 is 1.29 bits per heavy atom. The van der Waals surface area contributed by atoms with Crippen LogP contribution < -0.4 is 5.56 Å². The molecular weight excluding hydrogens is 283 g/mol. The normalized spacial score (nSPS) is 12.0. The van der Waals surface area contributed by atoms with E-state index >= 15 is 0 Å². The zero-order valence-corrected chi connectivity index (χ0v) is 11.7. The van der Waals surface area contributed by atoms with Gasteiger partial charge in [0.15, 0.2) is 0 Å². The van der Waals surface area contributed by atoms with Crippen molar-refractivity contribution in [1.82, 2.24) is 15.0 Å². The van der Waals surface area contributed by atoms with E-state index in [1.165, 1.54) is 6.92 Å². The maximum atomic E-state index is 13.1. The number of nitrogens with one attached hydrogen (secondary N) is 1. The topological polar surface area (TPSA) is 58.6 Å². The lowest BCUT2D eigenvalue weighted by atomic mass is 10.0. The number of aromatic amines is 1. The van der Waals surface area contributed by atoms with Crippen LogP contribution in [0.2, 0.25) is 0 Å². The second-order valence-corrected chi connectivity index (χ2v) is 5.00. The van der Waals surface area contributed by atoms with Crippen LogP contribution in [0, 0.1) is 6.92 Å². The number of nitrogens with zero attached hydrogens (tertiary/aromatic N) is 2. The van der Waals surface area contributed by atoms with Gasteiger partial charge in [-0.1, -0.05) is 13.8 Å². The highest BCUT2D eigenvalue weighted by molar-refractivity contribution is 5.66. The molecule has 0 amide bonds. The van der Waals surface area contributed by atoms with Crippen LogP contribution in [0.4, 0.5) is 13.2 Å². The first kappa shape index (κ1) is 15.2. The van der Waals surface area contributed by atoms with Gasteiger partial charge in [0.1, 0.15) is 5.82 Å². The van der Waals surface area contributed by atoms with Crippen molar-refractivity contribution in [1.29, 1.82) is 0 Å². The molecule has 0 unspecified atom stereocenters. The lowest BCUT2D eigenvalue weighted by Gasteiger charge is -2.14. The van der Waals surface area contributed by atoms with Crippen molar-refractivity contribution in [3.63, 3.8) is 0 Å². The third-order valence-corrected chi connectivity index (χ3v) is 3.10. The van der Waals surface area contributed by atoms with E-state index in [1.54, 1.807) is 13.8 Å². The molecule has 112 valence electrons. The third-order valence-electron chi connectivity index (χ3n) is 3.10. The molecule has 0 radical (unpaired) electrons. The smallest absolute Gasteiger partial charge is 0.310 e. The van der Waals surface area contributed by atoms with Crippen LogP contribution in [0.1, 0.15) is 36.7 Å². The van der Waals surface area contributed by atoms with E-state index in [0.717, 1.165) is 18.5 Å². The predicted molar refractivity (Wildman–Crippen MR) is 71.9 cm³/mol. The molecule has 0 saturated carbocycles. The maximum absolute atomic E-state index is 13.1. The number of hydrogen-bond acceptors (Lipinski definition) is 3. The van der Waals surface area contributed by atoms with Crippen LogP contribution in [0.5, 0.6) is 0 Å². The first-order chi connectivity index (χ1) is 9.71. The van der Waals surface area contributed by atoms with Crippen molar-refractivity contribution in [2.45, 2.75) is 32.9 Å². The van der Waals surface area contributed by atoms with Gasteiger partial charge in [-0.25, -0.2) is 4.98 Å². The lowest BCUT2D eigenvalue weighted by Crippen LogP contribution is -2.18. The molecule has 0 bridgehead atoms. The lowest BCUT2D eigenvalue weighted by molar-refractivity contribution is -0.137. The molecule has 0 aliphatic carbocycles. The third kappa shape index (κ3) is 2.96. The summed E-state index contributed by atoms with van der Waals surface area (Å²) in [5.41, 5.74) is -1.33. The Morgan fingerprint density at radius 2 is 1.95 bits per heavy atom. The summed E-state index contributed by atoms with van der Waals surface area (Å²) in [6, 6.07) is 0.882. The average Bonchev–Trinajstić information content (AvgIpc) is 2.40. The molecule has 4 nitrogen and oxygen atoms in total. The molecule has 2 aromatic heterocycles. The molecule has 0 aliphatic heterocycles. The van der Waals surface area contributed by atoms with Crippen molar-refractivity contribution in [3.05, 3.63) is 45.8 Å². The maximum Gasteiger partial charge on any atom is 0.417 e. The summed E-state index contributed by atoms with van der Waals surface area (Å²) in [6.45, 7) is 5.04. The molecule has 0 aliphatic rings. The highest BCUT2D eigenvalue weighted by Gasteiger charge is 2.34. The zero-order valence-electron chi connectivity index (χ0n) is 11.7. The van der Waals surface area contributed by atoms with Crippen molar-refractivity contribution in [3.8, 4) is 11.3 Å². The van der Waals surface area contributed by atoms with Crippen molar-refractivity contribution in [2.24, 2.45) is 0 Å². The number of pyridine rings is 1. The van der Waals surface area contributed by atoms with Gasteiger partial charge in [-0.2, -0.15) is 13.2 Å². The zero-order chi connectivity index (χ0) is 15.8. The Hall–Kier alpha value is -2.18. The van der Waals surface area contributed by atoms with Gasteiger partial charge < -0.3 is 4.98 Å². The van der Waals surface area contributed by atoms with E-state index < -0.39 is 17.3 Å². The number of aromatic nitrogens is 3. The van der Waals surface area contributed by atoms with Gasteiger partial charge in [0.2, 0.25) is 0 Å². The fraction of sp³-hybridized carbons (Fsp3) is 0.357. The van der Waals surface area contributed by atoms with E-state index in [0.29, 0.717) is 5.82 Å². The molecule has 0 fully saturated rings. The minimum absolute atomic E-state index is 0.0166. The summed E-state index contributed by atoms with van der Waals surface area (Å²) in [7, 11) is 0. The fourth-order valence-electron chi connectivity index (χ4n) is 1.92. The molecule has 1 N–H and O–H groups in total. The largest absolute Gasteiger partial charge is 0.417 e. The van der Waals surface area contributed by atoms with Crippen molar-refractivity contribution >= 4 is 0 Å². The molecule has 0 saturated heterocycles. The summed E-state index contributed by atoms with van der Waals surface area (Å²) < 4.78 is 39.3. The molecule has 2 heterocycles. The monoisotopic (exact) mass is 297 g/mol. The molecule has 2 aromatic rings. The summed E-state index contributed by atoms with van der Waals surface area (Å²) in [5.74, 6) is 0.237. The quantitative estimate of drug-likeness (QED) is 0.925. The summed E-state index contributed by atoms with van der Waals surface area (Å²) in [5, 5.41) is 0. The van der Waals surface area contributed by atoms with Crippen molar-refractivity contribution < 1.29 is 13.2 Å². The Morgan fingerprint density at radius 3 is 2.52 bits per heavy atom. The number of H-pyrrole nitrogens is 1. The predicted octanol–water partition coefficient (Wildman–Crippen LogP) is 3.28. The molecule has 7 heteroatoms. The second-order valence-electron chi connectivity index (χ2n) is 5.00. The summed E-state index contributed by atoms with van der Waals surface area (Å²) in [6.07, 6.45) is -2.38. The van der Waals surface area contributed by atoms with E-state index in [9.17, 15) is 18.0 Å². The van der Waals surface area contributed by atoms with Gasteiger partial charge >= 0.3 is 6.18 Å². The second kappa shape index (κ2) is 5.31. The van der Waals surface area contributed by atoms with E-state index in [2.05, 4.69) is 15.0 Å². The van der Waals surface area contributed by atoms with Gasteiger partial charge in [0.25, 0.3) is 5.56 Å². The Kier molecular flexibility index (Phi) is 3.85. The van der Waals surface area contributed by atoms with Crippen LogP contribution in [0.25, 0.3) is 11.3 Å². The molecule has 21 heavy (non-hydrogen) atoms. The first-order valence-electron chi connectivity index (χ1n) is 6.34. The summed E-state index contributed by atoms with van der Waals surface area (Å²) in [4.78, 5) is 22.4. The average molecular weight is 297 g/mol. The minimum atomic E-state index is -4.53. The SMILES string of the molecule is Cc1c(-c2cnccc2C(F)(F)F)nc(C(C)C)[nH]c1=O. The minimum Gasteiger partial charge on any atom is -0.310 e. The fourth-order valence-corrected chi connectivity index (χ4v) is 1.92. The highest BCUT2D eigenvalue weighted by atomic mass is 19.4. The molecule has 0 atom stereocenters. The molecular formula is C14H14F3N3O. The van der Waals surface area contributed by atoms with Crippen molar-refractivity contribution in [2.75, 3.05) is 0 Å². The van der Waals surface area contributed by atoms with Gasteiger partial charge in [-0.05, 0) is 13.0 Å². The molecule has 2 rings (SSSR count). The highest BCUT2D eigenvalue weighted by Crippen LogP contribution is 2.36. The van der Waals surface area contributed by atoms with Crippen LogP contribution in [-0.4, -0.2) is 15.0 Å². The van der Waals surface area contributed by atoms with E-state index in [1.807, 2.05) is 0 Å². The van der Waals surface area contributed by atoms with Gasteiger partial charge in [0.05, 0.1) is 11.3 Å². The number of rotatable bonds is 2. The van der Waals surface area contributed by atoms with Crippen LogP contribution in [-0.2, 0) is 6.18 Å². The Bertz CT molecular complexity index is 720. The van der Waals surface area contributed by atoms with E-state index in [4.69, 9.17) is 0 Å². The number of alkyl halides is 3. The number of halogens is 3.